The number of hydrogen-bond acceptors (Lipinski definition) is 0. The highest BCUT2D eigenvalue weighted by molar-refractivity contribution is 6.23. The molecule has 0 nitrogen and oxygen atoms in total. The third kappa shape index (κ3) is 4.66. The molecular formula is C56H42. The summed E-state index contributed by atoms with van der Waals surface area (Å²) in [5, 5.41) is 5.09. The zero-order valence-electron chi connectivity index (χ0n) is 32.3. The molecule has 9 aromatic carbocycles. The fraction of sp³-hybridized carbons (Fsp3) is 0.107. The smallest absolute Gasteiger partial charge is 0.0159 e. The molecule has 0 saturated heterocycles. The molecule has 0 radical (unpaired) electrons. The number of benzene rings is 9. The molecule has 9 aromatic rings. The summed E-state index contributed by atoms with van der Waals surface area (Å²) in [5.41, 5.74) is 20.9. The third-order valence-corrected chi connectivity index (χ3v) is 13.1. The fourth-order valence-corrected chi connectivity index (χ4v) is 10.3. The minimum atomic E-state index is -0.0919. The van der Waals surface area contributed by atoms with E-state index in [0.717, 1.165) is 0 Å². The van der Waals surface area contributed by atoms with Crippen molar-refractivity contribution >= 4 is 21.5 Å². The molecule has 0 atom stereocenters. The molecule has 0 saturated carbocycles. The van der Waals surface area contributed by atoms with Crippen molar-refractivity contribution in [2.45, 2.75) is 38.5 Å². The molecule has 0 aliphatic heterocycles. The van der Waals surface area contributed by atoms with Crippen LogP contribution >= 0.6 is 0 Å². The summed E-state index contributed by atoms with van der Waals surface area (Å²) >= 11 is 0. The van der Waals surface area contributed by atoms with Gasteiger partial charge < -0.3 is 0 Å². The first-order valence-electron chi connectivity index (χ1n) is 19.9. The van der Waals surface area contributed by atoms with Crippen molar-refractivity contribution < 1.29 is 0 Å². The van der Waals surface area contributed by atoms with Gasteiger partial charge in [-0.1, -0.05) is 191 Å². The Bertz CT molecular complexity index is 3060. The minimum Gasteiger partial charge on any atom is -0.0622 e. The van der Waals surface area contributed by atoms with Gasteiger partial charge in [-0.3, -0.25) is 0 Å². The van der Waals surface area contributed by atoms with Gasteiger partial charge in [-0.15, -0.1) is 0 Å². The van der Waals surface area contributed by atoms with Crippen molar-refractivity contribution in [1.29, 1.82) is 0 Å². The van der Waals surface area contributed by atoms with Gasteiger partial charge in [-0.25, -0.2) is 0 Å². The van der Waals surface area contributed by atoms with E-state index in [1.165, 1.54) is 111 Å². The van der Waals surface area contributed by atoms with Crippen LogP contribution in [0.25, 0.3) is 88.3 Å². The summed E-state index contributed by atoms with van der Waals surface area (Å²) in [6, 6.07) is 68.3. The zero-order chi connectivity index (χ0) is 37.8. The maximum Gasteiger partial charge on any atom is 0.0159 e. The summed E-state index contributed by atoms with van der Waals surface area (Å²) in [7, 11) is 0. The van der Waals surface area contributed by atoms with E-state index in [1.807, 2.05) is 0 Å². The van der Waals surface area contributed by atoms with Gasteiger partial charge in [-0.2, -0.15) is 0 Å². The van der Waals surface area contributed by atoms with Gasteiger partial charge in [0.25, 0.3) is 0 Å². The van der Waals surface area contributed by atoms with Crippen LogP contribution < -0.4 is 0 Å². The number of fused-ring (bicyclic) bond motifs is 8. The molecule has 0 aromatic heterocycles. The van der Waals surface area contributed by atoms with Crippen LogP contribution in [-0.2, 0) is 10.8 Å². The van der Waals surface area contributed by atoms with Gasteiger partial charge in [-0.05, 0) is 129 Å². The zero-order valence-corrected chi connectivity index (χ0v) is 32.3. The van der Waals surface area contributed by atoms with Crippen molar-refractivity contribution in [3.05, 3.63) is 204 Å². The summed E-state index contributed by atoms with van der Waals surface area (Å²) < 4.78 is 0. The lowest BCUT2D eigenvalue weighted by atomic mass is 9.80. The predicted octanol–water partition coefficient (Wildman–Crippen LogP) is 15.3. The monoisotopic (exact) mass is 714 g/mol. The summed E-state index contributed by atoms with van der Waals surface area (Å²) in [4.78, 5) is 0. The van der Waals surface area contributed by atoms with Crippen molar-refractivity contribution in [2.24, 2.45) is 0 Å². The van der Waals surface area contributed by atoms with Crippen LogP contribution in [0.3, 0.4) is 0 Å². The fourth-order valence-electron chi connectivity index (χ4n) is 10.3. The average Bonchev–Trinajstić information content (AvgIpc) is 3.62. The van der Waals surface area contributed by atoms with E-state index in [9.17, 15) is 0 Å². The Morgan fingerprint density at radius 2 is 0.750 bits per heavy atom. The number of hydrogen-bond donors (Lipinski definition) is 0. The van der Waals surface area contributed by atoms with Crippen molar-refractivity contribution in [3.63, 3.8) is 0 Å². The molecule has 0 spiro atoms. The molecule has 11 rings (SSSR count). The standard InChI is InChI=1S/C56H42/c1-55(2)49-26-13-11-23-45(49)54-46(24-15-27-50(54)55)53-43-22-9-8-21-42(43)52(39-19-14-18-36(32-39)35-16-6-5-7-17-35)44-31-29-37(33-47(44)53)38-28-30-41-40-20-10-12-25-48(40)56(3,4)51(41)34-38/h5-34H,1-4H3. The Kier molecular flexibility index (Phi) is 7.05. The molecule has 0 amide bonds. The first-order valence-corrected chi connectivity index (χ1v) is 19.9. The van der Waals surface area contributed by atoms with Crippen LogP contribution in [-0.4, -0.2) is 0 Å². The van der Waals surface area contributed by atoms with Gasteiger partial charge >= 0.3 is 0 Å². The Morgan fingerprint density at radius 3 is 1.55 bits per heavy atom. The molecule has 56 heavy (non-hydrogen) atoms. The lowest BCUT2D eigenvalue weighted by molar-refractivity contribution is 0.660. The average molecular weight is 715 g/mol. The molecule has 0 fully saturated rings. The van der Waals surface area contributed by atoms with Crippen LogP contribution in [0.5, 0.6) is 0 Å². The predicted molar refractivity (Wildman–Crippen MR) is 238 cm³/mol. The third-order valence-electron chi connectivity index (χ3n) is 13.1. The lowest BCUT2D eigenvalue weighted by Crippen LogP contribution is -2.14. The second kappa shape index (κ2) is 12.0. The first kappa shape index (κ1) is 32.9. The topological polar surface area (TPSA) is 0 Å². The van der Waals surface area contributed by atoms with Gasteiger partial charge in [0.1, 0.15) is 0 Å². The van der Waals surface area contributed by atoms with Gasteiger partial charge in [0.05, 0.1) is 0 Å². The molecule has 0 bridgehead atoms. The molecule has 0 unspecified atom stereocenters. The van der Waals surface area contributed by atoms with Crippen LogP contribution in [0.15, 0.2) is 182 Å². The molecule has 0 heteroatoms. The maximum atomic E-state index is 2.49. The van der Waals surface area contributed by atoms with Crippen molar-refractivity contribution in [3.8, 4) is 66.8 Å². The van der Waals surface area contributed by atoms with E-state index in [0.29, 0.717) is 0 Å². The molecule has 0 heterocycles. The van der Waals surface area contributed by atoms with E-state index in [1.54, 1.807) is 0 Å². The minimum absolute atomic E-state index is 0.0676. The quantitative estimate of drug-likeness (QED) is 0.159. The normalized spacial score (nSPS) is 14.4. The van der Waals surface area contributed by atoms with Gasteiger partial charge in [0.2, 0.25) is 0 Å². The Labute approximate surface area is 329 Å². The highest BCUT2D eigenvalue weighted by Gasteiger charge is 2.38. The largest absolute Gasteiger partial charge is 0.0622 e. The summed E-state index contributed by atoms with van der Waals surface area (Å²) in [6.45, 7) is 9.51. The van der Waals surface area contributed by atoms with Crippen LogP contribution in [0, 0.1) is 0 Å². The summed E-state index contributed by atoms with van der Waals surface area (Å²) in [6.07, 6.45) is 0. The Balaban J connectivity index is 1.22. The van der Waals surface area contributed by atoms with E-state index < -0.39 is 0 Å². The first-order chi connectivity index (χ1) is 27.3. The van der Waals surface area contributed by atoms with E-state index in [4.69, 9.17) is 0 Å². The van der Waals surface area contributed by atoms with E-state index >= 15 is 0 Å². The van der Waals surface area contributed by atoms with Crippen LogP contribution in [0.2, 0.25) is 0 Å². The second-order valence-electron chi connectivity index (χ2n) is 16.8. The lowest BCUT2D eigenvalue weighted by Gasteiger charge is -2.23. The SMILES string of the molecule is CC1(C)c2ccccc2-c2ccc(-c3ccc4c(-c5cccc(-c6ccccc6)c5)c5ccccc5c(-c5cccc6c5-c5ccccc5C6(C)C)c4c3)cc21. The Hall–Kier alpha value is -6.50. The van der Waals surface area contributed by atoms with Gasteiger partial charge in [0, 0.05) is 10.8 Å². The molecule has 2 aliphatic rings. The molecular weight excluding hydrogens is 673 g/mol. The number of rotatable bonds is 4. The summed E-state index contributed by atoms with van der Waals surface area (Å²) in [5.74, 6) is 0. The molecule has 2 aliphatic carbocycles. The molecule has 266 valence electrons. The van der Waals surface area contributed by atoms with Crippen LogP contribution in [0.4, 0.5) is 0 Å². The Morgan fingerprint density at radius 1 is 0.250 bits per heavy atom. The van der Waals surface area contributed by atoms with Crippen molar-refractivity contribution in [2.75, 3.05) is 0 Å². The van der Waals surface area contributed by atoms with E-state index in [-0.39, 0.29) is 10.8 Å². The van der Waals surface area contributed by atoms with Crippen LogP contribution in [0.1, 0.15) is 49.9 Å². The van der Waals surface area contributed by atoms with Crippen molar-refractivity contribution in [1.82, 2.24) is 0 Å². The van der Waals surface area contributed by atoms with E-state index in [2.05, 4.69) is 210 Å². The molecule has 0 N–H and O–H groups in total. The highest BCUT2D eigenvalue weighted by atomic mass is 14.4. The van der Waals surface area contributed by atoms with Gasteiger partial charge in [0.15, 0.2) is 0 Å². The second-order valence-corrected chi connectivity index (χ2v) is 16.8. The highest BCUT2D eigenvalue weighted by Crippen LogP contribution is 2.55. The maximum absolute atomic E-state index is 2.49.